The molecule has 1 amide bonds. The number of thiocarbonyl (C=S) groups is 1. The largest absolute Gasteiger partial charge is 0.371 e. The van der Waals surface area contributed by atoms with Crippen molar-refractivity contribution in [2.24, 2.45) is 0 Å². The van der Waals surface area contributed by atoms with Crippen molar-refractivity contribution < 1.29 is 9.53 Å². The van der Waals surface area contributed by atoms with Crippen LogP contribution in [0.5, 0.6) is 0 Å². The third-order valence-electron chi connectivity index (χ3n) is 5.02. The molecule has 0 radical (unpaired) electrons. The van der Waals surface area contributed by atoms with Crippen LogP contribution < -0.4 is 0 Å². The standard InChI is InChI=1S/C22H29NO2S2/c1-4-6-7-9-18-11-13-19(14-12-18)21(24)23(17-26)16-22(5-2,25-3)20-10-8-15-27-20/h8,10-15,17H,4-7,9,16H2,1-3H3. The lowest BCUT2D eigenvalue weighted by Gasteiger charge is -2.34. The molecule has 1 heterocycles. The van der Waals surface area contributed by atoms with Crippen LogP contribution in [0.4, 0.5) is 0 Å². The number of nitrogens with zero attached hydrogens (tertiary/aromatic N) is 1. The first-order valence-corrected chi connectivity index (χ1v) is 10.9. The molecule has 0 saturated carbocycles. The zero-order valence-electron chi connectivity index (χ0n) is 16.4. The van der Waals surface area contributed by atoms with Gasteiger partial charge in [-0.1, -0.05) is 57.1 Å². The highest BCUT2D eigenvalue weighted by molar-refractivity contribution is 7.78. The number of hydrogen-bond donors (Lipinski definition) is 0. The Balaban J connectivity index is 2.14. The highest BCUT2D eigenvalue weighted by atomic mass is 32.1. The van der Waals surface area contributed by atoms with Crippen molar-refractivity contribution in [1.29, 1.82) is 0 Å². The molecule has 0 fully saturated rings. The minimum atomic E-state index is -0.542. The van der Waals surface area contributed by atoms with Crippen molar-refractivity contribution in [3.8, 4) is 0 Å². The Morgan fingerprint density at radius 3 is 2.48 bits per heavy atom. The van der Waals surface area contributed by atoms with E-state index in [0.29, 0.717) is 12.1 Å². The van der Waals surface area contributed by atoms with Crippen molar-refractivity contribution in [2.45, 2.75) is 51.6 Å². The van der Waals surface area contributed by atoms with Crippen LogP contribution in [0.1, 0.15) is 60.3 Å². The van der Waals surface area contributed by atoms with Gasteiger partial charge in [0.2, 0.25) is 0 Å². The molecule has 1 unspecified atom stereocenters. The smallest absolute Gasteiger partial charge is 0.258 e. The van der Waals surface area contributed by atoms with Crippen molar-refractivity contribution in [3.05, 3.63) is 57.8 Å². The van der Waals surface area contributed by atoms with Crippen molar-refractivity contribution in [1.82, 2.24) is 4.90 Å². The fourth-order valence-electron chi connectivity index (χ4n) is 3.20. The number of methoxy groups -OCH3 is 1. The van der Waals surface area contributed by atoms with E-state index >= 15 is 0 Å². The Morgan fingerprint density at radius 2 is 1.96 bits per heavy atom. The maximum atomic E-state index is 13.0. The summed E-state index contributed by atoms with van der Waals surface area (Å²) in [5.41, 5.74) is 2.82. The van der Waals surface area contributed by atoms with Gasteiger partial charge in [-0.15, -0.1) is 11.3 Å². The number of aryl methyl sites for hydroxylation is 1. The van der Waals surface area contributed by atoms with Crippen molar-refractivity contribution in [3.63, 3.8) is 0 Å². The molecule has 0 aliphatic carbocycles. The summed E-state index contributed by atoms with van der Waals surface area (Å²) >= 11 is 6.81. The summed E-state index contributed by atoms with van der Waals surface area (Å²) in [4.78, 5) is 15.7. The first-order chi connectivity index (χ1) is 13.1. The Hall–Kier alpha value is -1.56. The second-order valence-electron chi connectivity index (χ2n) is 6.72. The molecule has 2 rings (SSSR count). The first kappa shape index (κ1) is 21.7. The van der Waals surface area contributed by atoms with Crippen LogP contribution in [0.25, 0.3) is 0 Å². The number of rotatable bonds is 11. The molecule has 1 aromatic carbocycles. The fraction of sp³-hybridized carbons (Fsp3) is 0.455. The van der Waals surface area contributed by atoms with Gasteiger partial charge in [-0.25, -0.2) is 0 Å². The van der Waals surface area contributed by atoms with Crippen LogP contribution in [-0.4, -0.2) is 30.0 Å². The summed E-state index contributed by atoms with van der Waals surface area (Å²) < 4.78 is 5.87. The Morgan fingerprint density at radius 1 is 1.22 bits per heavy atom. The van der Waals surface area contributed by atoms with Gasteiger partial charge in [0.15, 0.2) is 0 Å². The number of benzene rings is 1. The molecule has 146 valence electrons. The molecule has 5 heteroatoms. The molecule has 1 atom stereocenters. The highest BCUT2D eigenvalue weighted by Gasteiger charge is 2.35. The molecular formula is C22H29NO2S2. The zero-order valence-corrected chi connectivity index (χ0v) is 18.1. The third-order valence-corrected chi connectivity index (χ3v) is 6.33. The van der Waals surface area contributed by atoms with Crippen LogP contribution in [0, 0.1) is 0 Å². The van der Waals surface area contributed by atoms with E-state index in [9.17, 15) is 4.79 Å². The minimum Gasteiger partial charge on any atom is -0.371 e. The molecule has 1 aromatic heterocycles. The predicted molar refractivity (Wildman–Crippen MR) is 118 cm³/mol. The van der Waals surface area contributed by atoms with Gasteiger partial charge >= 0.3 is 0 Å². The topological polar surface area (TPSA) is 29.5 Å². The lowest BCUT2D eigenvalue weighted by molar-refractivity contribution is -0.0268. The first-order valence-electron chi connectivity index (χ1n) is 9.54. The molecular weight excluding hydrogens is 374 g/mol. The summed E-state index contributed by atoms with van der Waals surface area (Å²) in [5, 5.41) is 2.03. The van der Waals surface area contributed by atoms with Crippen molar-refractivity contribution in [2.75, 3.05) is 13.7 Å². The van der Waals surface area contributed by atoms with Gasteiger partial charge in [0.05, 0.1) is 12.0 Å². The van der Waals surface area contributed by atoms with Crippen LogP contribution in [-0.2, 0) is 16.8 Å². The van der Waals surface area contributed by atoms with Crippen molar-refractivity contribution >= 4 is 35.0 Å². The van der Waals surface area contributed by atoms with Gasteiger partial charge in [-0.05, 0) is 48.4 Å². The number of unbranched alkanes of at least 4 members (excludes halogenated alkanes) is 2. The molecule has 0 N–H and O–H groups in total. The third kappa shape index (κ3) is 5.47. The van der Waals surface area contributed by atoms with Crippen LogP contribution in [0.2, 0.25) is 0 Å². The van der Waals surface area contributed by atoms with E-state index < -0.39 is 5.60 Å². The van der Waals surface area contributed by atoms with Crippen LogP contribution in [0.15, 0.2) is 41.8 Å². The monoisotopic (exact) mass is 403 g/mol. The maximum absolute atomic E-state index is 13.0. The van der Waals surface area contributed by atoms with E-state index in [0.717, 1.165) is 17.7 Å². The molecule has 0 spiro atoms. The number of thiophene rings is 1. The van der Waals surface area contributed by atoms with E-state index in [-0.39, 0.29) is 5.91 Å². The molecule has 3 nitrogen and oxygen atoms in total. The van der Waals surface area contributed by atoms with Gasteiger partial charge in [-0.3, -0.25) is 4.79 Å². The summed E-state index contributed by atoms with van der Waals surface area (Å²) in [7, 11) is 1.69. The molecule has 0 bridgehead atoms. The lowest BCUT2D eigenvalue weighted by atomic mass is 9.97. The van der Waals surface area contributed by atoms with Gasteiger partial charge in [0.1, 0.15) is 5.60 Å². The second-order valence-corrected chi connectivity index (χ2v) is 7.88. The summed E-state index contributed by atoms with van der Waals surface area (Å²) in [6.45, 7) is 4.68. The summed E-state index contributed by atoms with van der Waals surface area (Å²) in [5.74, 6) is -0.0865. The van der Waals surface area contributed by atoms with Gasteiger partial charge in [-0.2, -0.15) is 0 Å². The molecule has 0 aliphatic rings. The van der Waals surface area contributed by atoms with Gasteiger partial charge < -0.3 is 9.64 Å². The summed E-state index contributed by atoms with van der Waals surface area (Å²) in [6, 6.07) is 12.0. The Bertz CT molecular complexity index is 706. The molecule has 2 aromatic rings. The number of ether oxygens (including phenoxy) is 1. The van der Waals surface area contributed by atoms with Crippen LogP contribution >= 0.6 is 23.6 Å². The molecule has 27 heavy (non-hydrogen) atoms. The quantitative estimate of drug-likeness (QED) is 0.349. The van der Waals surface area contributed by atoms with Gasteiger partial charge in [0, 0.05) is 17.6 Å². The summed E-state index contributed by atoms with van der Waals surface area (Å²) in [6.07, 6.45) is 5.44. The van der Waals surface area contributed by atoms with E-state index in [1.807, 2.05) is 35.7 Å². The number of carbonyl (C=O) groups excluding carboxylic acids is 1. The van der Waals surface area contributed by atoms with E-state index in [1.54, 1.807) is 23.3 Å². The number of hydrogen-bond acceptors (Lipinski definition) is 4. The SMILES string of the molecule is CCCCCc1ccc(C(=O)N(C=S)CC(CC)(OC)c2cccs2)cc1. The van der Waals surface area contributed by atoms with E-state index in [1.165, 1.54) is 30.3 Å². The van der Waals surface area contributed by atoms with E-state index in [2.05, 4.69) is 19.9 Å². The Labute approximate surface area is 172 Å². The lowest BCUT2D eigenvalue weighted by Crippen LogP contribution is -2.43. The normalized spacial score (nSPS) is 13.1. The molecule has 0 saturated heterocycles. The highest BCUT2D eigenvalue weighted by Crippen LogP contribution is 2.33. The minimum absolute atomic E-state index is 0.0865. The average molecular weight is 404 g/mol. The average Bonchev–Trinajstić information content (AvgIpc) is 3.25. The van der Waals surface area contributed by atoms with E-state index in [4.69, 9.17) is 17.0 Å². The zero-order chi connectivity index (χ0) is 19.7. The fourth-order valence-corrected chi connectivity index (χ4v) is 4.34. The predicted octanol–water partition coefficient (Wildman–Crippen LogP) is 5.83. The Kier molecular flexibility index (Phi) is 8.61. The van der Waals surface area contributed by atoms with Gasteiger partial charge in [0.25, 0.3) is 5.91 Å². The maximum Gasteiger partial charge on any atom is 0.258 e. The van der Waals surface area contributed by atoms with Crippen LogP contribution in [0.3, 0.4) is 0 Å². The number of carbonyl (C=O) groups is 1. The second kappa shape index (κ2) is 10.7. The number of amides is 1. The molecule has 0 aliphatic heterocycles.